The quantitative estimate of drug-likeness (QED) is 0.804. The van der Waals surface area contributed by atoms with E-state index in [4.69, 9.17) is 5.73 Å². The first kappa shape index (κ1) is 14.8. The lowest BCUT2D eigenvalue weighted by molar-refractivity contribution is -0.145. The number of hydrogen-bond donors (Lipinski definition) is 1. The zero-order valence-electron chi connectivity index (χ0n) is 11.6. The SMILES string of the molecule is CC1CS(=O)(=O)CCN1C(=O)C1(CN)CCCCC1. The molecule has 0 aromatic rings. The lowest BCUT2D eigenvalue weighted by atomic mass is 9.73. The van der Waals surface area contributed by atoms with Gasteiger partial charge in [0.2, 0.25) is 5.91 Å². The summed E-state index contributed by atoms with van der Waals surface area (Å²) in [6.45, 7) is 2.52. The second-order valence-electron chi connectivity index (χ2n) is 6.01. The number of nitrogens with zero attached hydrogens (tertiary/aromatic N) is 1. The first-order valence-electron chi connectivity index (χ1n) is 7.12. The number of amides is 1. The molecule has 1 heterocycles. The molecule has 0 radical (unpaired) electrons. The average Bonchev–Trinajstić information content (AvgIpc) is 2.38. The molecule has 2 fully saturated rings. The van der Waals surface area contributed by atoms with Gasteiger partial charge in [-0.1, -0.05) is 19.3 Å². The van der Waals surface area contributed by atoms with Crippen LogP contribution in [0.1, 0.15) is 39.0 Å². The van der Waals surface area contributed by atoms with Crippen LogP contribution in [-0.2, 0) is 14.6 Å². The van der Waals surface area contributed by atoms with E-state index in [1.807, 2.05) is 6.92 Å². The Balaban J connectivity index is 2.14. The second kappa shape index (κ2) is 5.40. The van der Waals surface area contributed by atoms with Gasteiger partial charge >= 0.3 is 0 Å². The van der Waals surface area contributed by atoms with E-state index in [-0.39, 0.29) is 23.5 Å². The fourth-order valence-electron chi connectivity index (χ4n) is 3.34. The van der Waals surface area contributed by atoms with Crippen molar-refractivity contribution < 1.29 is 13.2 Å². The fraction of sp³-hybridized carbons (Fsp3) is 0.923. The minimum absolute atomic E-state index is 0.0806. The highest BCUT2D eigenvalue weighted by Crippen LogP contribution is 2.38. The molecule has 1 saturated heterocycles. The Morgan fingerprint density at radius 3 is 2.47 bits per heavy atom. The van der Waals surface area contributed by atoms with Crippen LogP contribution in [0.5, 0.6) is 0 Å². The van der Waals surface area contributed by atoms with Crippen molar-refractivity contribution in [1.29, 1.82) is 0 Å². The Labute approximate surface area is 115 Å². The summed E-state index contributed by atoms with van der Waals surface area (Å²) in [5.41, 5.74) is 5.44. The number of carbonyl (C=O) groups is 1. The molecule has 2 rings (SSSR count). The van der Waals surface area contributed by atoms with Crippen molar-refractivity contribution >= 4 is 15.7 Å². The zero-order valence-corrected chi connectivity index (χ0v) is 12.4. The van der Waals surface area contributed by atoms with Gasteiger partial charge in [-0.2, -0.15) is 0 Å². The number of sulfone groups is 1. The van der Waals surface area contributed by atoms with E-state index in [1.165, 1.54) is 6.42 Å². The molecule has 0 aromatic carbocycles. The van der Waals surface area contributed by atoms with Gasteiger partial charge in [-0.15, -0.1) is 0 Å². The number of carbonyl (C=O) groups excluding carboxylic acids is 1. The van der Waals surface area contributed by atoms with Gasteiger partial charge in [0.05, 0.1) is 16.9 Å². The largest absolute Gasteiger partial charge is 0.337 e. The maximum absolute atomic E-state index is 12.8. The maximum Gasteiger partial charge on any atom is 0.230 e. The van der Waals surface area contributed by atoms with Crippen LogP contribution in [-0.4, -0.2) is 49.9 Å². The van der Waals surface area contributed by atoms with Crippen LogP contribution in [0.4, 0.5) is 0 Å². The molecule has 1 aliphatic heterocycles. The molecule has 0 spiro atoms. The summed E-state index contributed by atoms with van der Waals surface area (Å²) >= 11 is 0. The Hall–Kier alpha value is -0.620. The van der Waals surface area contributed by atoms with Gasteiger partial charge in [0.25, 0.3) is 0 Å². The highest BCUT2D eigenvalue weighted by atomic mass is 32.2. The summed E-state index contributed by atoms with van der Waals surface area (Å²) in [6.07, 6.45) is 4.95. The summed E-state index contributed by atoms with van der Waals surface area (Å²) in [5.74, 6) is 0.250. The van der Waals surface area contributed by atoms with Gasteiger partial charge in [0, 0.05) is 19.1 Å². The molecule has 1 amide bonds. The Kier molecular flexibility index (Phi) is 4.20. The van der Waals surface area contributed by atoms with Gasteiger partial charge in [-0.3, -0.25) is 4.79 Å². The van der Waals surface area contributed by atoms with Crippen molar-refractivity contribution in [2.75, 3.05) is 24.6 Å². The van der Waals surface area contributed by atoms with Crippen molar-refractivity contribution in [2.24, 2.45) is 11.1 Å². The molecule has 1 saturated carbocycles. The number of hydrogen-bond acceptors (Lipinski definition) is 4. The number of nitrogens with two attached hydrogens (primary N) is 1. The summed E-state index contributed by atoms with van der Waals surface area (Å²) in [5, 5.41) is 0. The number of rotatable bonds is 2. The van der Waals surface area contributed by atoms with Crippen LogP contribution in [0.3, 0.4) is 0 Å². The van der Waals surface area contributed by atoms with Crippen LogP contribution in [0, 0.1) is 5.41 Å². The third kappa shape index (κ3) is 2.94. The standard InChI is InChI=1S/C13H24N2O3S/c1-11-9-19(17,18)8-7-15(11)12(16)13(10-14)5-3-2-4-6-13/h11H,2-10,14H2,1H3. The van der Waals surface area contributed by atoms with Crippen molar-refractivity contribution in [3.63, 3.8) is 0 Å². The third-order valence-electron chi connectivity index (χ3n) is 4.59. The maximum atomic E-state index is 12.8. The minimum atomic E-state index is -2.98. The van der Waals surface area contributed by atoms with E-state index < -0.39 is 15.3 Å². The van der Waals surface area contributed by atoms with Crippen molar-refractivity contribution in [1.82, 2.24) is 4.90 Å². The van der Waals surface area contributed by atoms with Gasteiger partial charge < -0.3 is 10.6 Å². The van der Waals surface area contributed by atoms with Crippen LogP contribution >= 0.6 is 0 Å². The molecule has 2 N–H and O–H groups in total. The van der Waals surface area contributed by atoms with Gasteiger partial charge in [-0.25, -0.2) is 8.42 Å². The van der Waals surface area contributed by atoms with E-state index in [2.05, 4.69) is 0 Å². The summed E-state index contributed by atoms with van der Waals surface area (Å²) < 4.78 is 23.2. The second-order valence-corrected chi connectivity index (χ2v) is 8.24. The molecule has 0 bridgehead atoms. The van der Waals surface area contributed by atoms with E-state index in [0.29, 0.717) is 13.1 Å². The fourth-order valence-corrected chi connectivity index (χ4v) is 4.90. The van der Waals surface area contributed by atoms with E-state index in [1.54, 1.807) is 4.90 Å². The van der Waals surface area contributed by atoms with E-state index >= 15 is 0 Å². The molecular formula is C13H24N2O3S. The highest BCUT2D eigenvalue weighted by molar-refractivity contribution is 7.91. The average molecular weight is 288 g/mol. The summed E-state index contributed by atoms with van der Waals surface area (Å²) in [7, 11) is -2.98. The molecule has 2 aliphatic rings. The normalized spacial score (nSPS) is 30.0. The molecular weight excluding hydrogens is 264 g/mol. The first-order chi connectivity index (χ1) is 8.90. The van der Waals surface area contributed by atoms with Crippen LogP contribution in [0.2, 0.25) is 0 Å². The molecule has 5 nitrogen and oxygen atoms in total. The molecule has 1 unspecified atom stereocenters. The first-order valence-corrected chi connectivity index (χ1v) is 8.94. The summed E-state index contributed by atoms with van der Waals surface area (Å²) in [6, 6.07) is -0.225. The van der Waals surface area contributed by atoms with Crippen LogP contribution in [0.25, 0.3) is 0 Å². The van der Waals surface area contributed by atoms with E-state index in [9.17, 15) is 13.2 Å². The minimum Gasteiger partial charge on any atom is -0.337 e. The highest BCUT2D eigenvalue weighted by Gasteiger charge is 2.43. The summed E-state index contributed by atoms with van der Waals surface area (Å²) in [4.78, 5) is 14.5. The molecule has 6 heteroatoms. The third-order valence-corrected chi connectivity index (χ3v) is 6.38. The molecule has 1 atom stereocenters. The predicted octanol–water partition coefficient (Wildman–Crippen LogP) is 0.541. The van der Waals surface area contributed by atoms with Gasteiger partial charge in [-0.05, 0) is 19.8 Å². The van der Waals surface area contributed by atoms with Crippen molar-refractivity contribution in [2.45, 2.75) is 45.1 Å². The smallest absolute Gasteiger partial charge is 0.230 e. The zero-order chi connectivity index (χ0) is 14.1. The Morgan fingerprint density at radius 2 is 1.95 bits per heavy atom. The Bertz CT molecular complexity index is 441. The van der Waals surface area contributed by atoms with Crippen molar-refractivity contribution in [3.05, 3.63) is 0 Å². The monoisotopic (exact) mass is 288 g/mol. The van der Waals surface area contributed by atoms with Crippen molar-refractivity contribution in [3.8, 4) is 0 Å². The molecule has 0 aromatic heterocycles. The van der Waals surface area contributed by atoms with Crippen LogP contribution < -0.4 is 5.73 Å². The lowest BCUT2D eigenvalue weighted by Crippen LogP contribution is -2.56. The van der Waals surface area contributed by atoms with E-state index in [0.717, 1.165) is 25.7 Å². The molecule has 19 heavy (non-hydrogen) atoms. The van der Waals surface area contributed by atoms with Gasteiger partial charge in [0.15, 0.2) is 9.84 Å². The van der Waals surface area contributed by atoms with Gasteiger partial charge in [0.1, 0.15) is 0 Å². The predicted molar refractivity (Wildman–Crippen MR) is 74.4 cm³/mol. The Morgan fingerprint density at radius 1 is 1.32 bits per heavy atom. The molecule has 1 aliphatic carbocycles. The molecule has 110 valence electrons. The lowest BCUT2D eigenvalue weighted by Gasteiger charge is -2.42. The van der Waals surface area contributed by atoms with Crippen LogP contribution in [0.15, 0.2) is 0 Å². The topological polar surface area (TPSA) is 80.5 Å².